The fraction of sp³-hybridized carbons (Fsp3) is 0.355. The molecule has 3 aromatic rings. The van der Waals surface area contributed by atoms with Crippen LogP contribution in [0.25, 0.3) is 0 Å². The average Bonchev–Trinajstić information content (AvgIpc) is 2.88. The third kappa shape index (κ3) is 10.3. The summed E-state index contributed by atoms with van der Waals surface area (Å²) in [6.45, 7) is 5.89. The molecule has 41 heavy (non-hydrogen) atoms. The second-order valence-electron chi connectivity index (χ2n) is 11.0. The molecular formula is C31H37BrFN3O4S. The fourth-order valence-corrected chi connectivity index (χ4v) is 5.86. The maximum Gasteiger partial charge on any atom is 0.243 e. The summed E-state index contributed by atoms with van der Waals surface area (Å²) in [4.78, 5) is 29.1. The van der Waals surface area contributed by atoms with Gasteiger partial charge in [-0.25, -0.2) is 12.8 Å². The average molecular weight is 647 g/mol. The molecule has 0 bridgehead atoms. The Morgan fingerprint density at radius 2 is 1.59 bits per heavy atom. The van der Waals surface area contributed by atoms with E-state index in [0.29, 0.717) is 12.1 Å². The normalized spacial score (nSPS) is 12.4. The molecule has 1 unspecified atom stereocenters. The van der Waals surface area contributed by atoms with Gasteiger partial charge in [0.25, 0.3) is 0 Å². The minimum atomic E-state index is -3.68. The van der Waals surface area contributed by atoms with E-state index in [4.69, 9.17) is 0 Å². The lowest BCUT2D eigenvalue weighted by atomic mass is 10.00. The molecule has 7 nitrogen and oxygen atoms in total. The number of rotatable bonds is 12. The molecule has 2 amide bonds. The minimum absolute atomic E-state index is 0.00923. The summed E-state index contributed by atoms with van der Waals surface area (Å²) >= 11 is 3.48. The first-order chi connectivity index (χ1) is 19.2. The van der Waals surface area contributed by atoms with Crippen molar-refractivity contribution in [2.45, 2.75) is 58.2 Å². The first-order valence-corrected chi connectivity index (χ1v) is 16.0. The van der Waals surface area contributed by atoms with E-state index < -0.39 is 27.4 Å². The van der Waals surface area contributed by atoms with Gasteiger partial charge in [-0.2, -0.15) is 0 Å². The Balaban J connectivity index is 1.90. The van der Waals surface area contributed by atoms with Gasteiger partial charge in [-0.3, -0.25) is 13.9 Å². The van der Waals surface area contributed by atoms with Crippen molar-refractivity contribution >= 4 is 43.5 Å². The Kier molecular flexibility index (Phi) is 11.1. The highest BCUT2D eigenvalue weighted by Crippen LogP contribution is 2.22. The van der Waals surface area contributed by atoms with Gasteiger partial charge >= 0.3 is 0 Å². The predicted octanol–water partition coefficient (Wildman–Crippen LogP) is 5.69. The van der Waals surface area contributed by atoms with Crippen LogP contribution in [0.1, 0.15) is 44.7 Å². The number of benzene rings is 3. The van der Waals surface area contributed by atoms with E-state index in [0.717, 1.165) is 26.2 Å². The largest absolute Gasteiger partial charge is 0.350 e. The molecule has 0 spiro atoms. The highest BCUT2D eigenvalue weighted by Gasteiger charge is 2.32. The van der Waals surface area contributed by atoms with Gasteiger partial charge in [-0.15, -0.1) is 0 Å². The van der Waals surface area contributed by atoms with Crippen molar-refractivity contribution in [2.24, 2.45) is 0 Å². The van der Waals surface area contributed by atoms with Crippen LogP contribution in [0, 0.1) is 5.82 Å². The van der Waals surface area contributed by atoms with E-state index in [9.17, 15) is 22.4 Å². The topological polar surface area (TPSA) is 86.8 Å². The number of amides is 2. The molecule has 0 heterocycles. The van der Waals surface area contributed by atoms with E-state index in [1.165, 1.54) is 24.3 Å². The number of carbonyl (C=O) groups is 2. The lowest BCUT2D eigenvalue weighted by Gasteiger charge is -2.34. The smallest absolute Gasteiger partial charge is 0.243 e. The number of hydrogen-bond donors (Lipinski definition) is 1. The lowest BCUT2D eigenvalue weighted by molar-refractivity contribution is -0.142. The van der Waals surface area contributed by atoms with E-state index in [-0.39, 0.29) is 37.7 Å². The molecule has 0 aliphatic carbocycles. The zero-order valence-corrected chi connectivity index (χ0v) is 26.2. The summed E-state index contributed by atoms with van der Waals surface area (Å²) in [7, 11) is -3.68. The van der Waals surface area contributed by atoms with Gasteiger partial charge in [0.2, 0.25) is 21.8 Å². The van der Waals surface area contributed by atoms with E-state index in [2.05, 4.69) is 21.2 Å². The Hall–Kier alpha value is -3.24. The maximum atomic E-state index is 13.9. The van der Waals surface area contributed by atoms with Crippen LogP contribution in [0.5, 0.6) is 0 Å². The molecule has 0 saturated heterocycles. The van der Waals surface area contributed by atoms with Gasteiger partial charge in [0.1, 0.15) is 11.9 Å². The quantitative estimate of drug-likeness (QED) is 0.274. The second kappa shape index (κ2) is 14.1. The van der Waals surface area contributed by atoms with Crippen LogP contribution >= 0.6 is 15.9 Å². The first-order valence-electron chi connectivity index (χ1n) is 13.4. The predicted molar refractivity (Wildman–Crippen MR) is 164 cm³/mol. The van der Waals surface area contributed by atoms with Crippen molar-refractivity contribution in [3.63, 3.8) is 0 Å². The molecule has 1 N–H and O–H groups in total. The van der Waals surface area contributed by atoms with Crippen LogP contribution in [0.4, 0.5) is 10.1 Å². The van der Waals surface area contributed by atoms with E-state index in [1.807, 2.05) is 75.4 Å². The zero-order chi connectivity index (χ0) is 30.2. The summed E-state index contributed by atoms with van der Waals surface area (Å²) in [6, 6.07) is 21.5. The standard InChI is InChI=1S/C31H37BrFN3O4S/c1-31(2,3)34-30(38)28(21-23-10-6-5-7-11-23)35(22-24-12-8-13-25(32)20-24)29(37)14-9-19-36(41(4,39)40)27-17-15-26(33)16-18-27/h5-8,10-13,15-18,20,28H,9,14,19,21-22H2,1-4H3,(H,34,38). The van der Waals surface area contributed by atoms with Gasteiger partial charge in [0.05, 0.1) is 11.9 Å². The van der Waals surface area contributed by atoms with Crippen molar-refractivity contribution in [3.05, 3.63) is 100 Å². The number of sulfonamides is 1. The Morgan fingerprint density at radius 3 is 2.17 bits per heavy atom. The minimum Gasteiger partial charge on any atom is -0.350 e. The zero-order valence-electron chi connectivity index (χ0n) is 23.8. The Labute approximate surface area is 250 Å². The van der Waals surface area contributed by atoms with Crippen molar-refractivity contribution < 1.29 is 22.4 Å². The van der Waals surface area contributed by atoms with Gasteiger partial charge in [0.15, 0.2) is 0 Å². The third-order valence-corrected chi connectivity index (χ3v) is 7.97. The van der Waals surface area contributed by atoms with Crippen LogP contribution in [-0.4, -0.2) is 49.5 Å². The summed E-state index contributed by atoms with van der Waals surface area (Å²) < 4.78 is 40.5. The molecule has 1 atom stereocenters. The number of nitrogens with one attached hydrogen (secondary N) is 1. The van der Waals surface area contributed by atoms with E-state index >= 15 is 0 Å². The van der Waals surface area contributed by atoms with Crippen LogP contribution in [0.15, 0.2) is 83.3 Å². The molecule has 0 aromatic heterocycles. The SMILES string of the molecule is CC(C)(C)NC(=O)C(Cc1ccccc1)N(Cc1cccc(Br)c1)C(=O)CCCN(c1ccc(F)cc1)S(C)(=O)=O. The van der Waals surface area contributed by atoms with Crippen LogP contribution in [0.3, 0.4) is 0 Å². The molecular weight excluding hydrogens is 609 g/mol. The van der Waals surface area contributed by atoms with Crippen molar-refractivity contribution in [1.82, 2.24) is 10.2 Å². The molecule has 3 rings (SSSR count). The molecule has 0 radical (unpaired) electrons. The summed E-state index contributed by atoms with van der Waals surface area (Å²) in [5.74, 6) is -1.02. The summed E-state index contributed by atoms with van der Waals surface area (Å²) in [5.41, 5.74) is 1.56. The first kappa shape index (κ1) is 32.3. The highest BCUT2D eigenvalue weighted by molar-refractivity contribution is 9.10. The molecule has 0 aliphatic rings. The Bertz CT molecular complexity index is 1430. The van der Waals surface area contributed by atoms with Gasteiger partial charge in [-0.05, 0) is 74.7 Å². The molecule has 0 saturated carbocycles. The molecule has 10 heteroatoms. The van der Waals surface area contributed by atoms with Crippen molar-refractivity contribution in [2.75, 3.05) is 17.1 Å². The van der Waals surface area contributed by atoms with Gasteiger partial charge < -0.3 is 10.2 Å². The van der Waals surface area contributed by atoms with Gasteiger partial charge in [0, 0.05) is 35.9 Å². The molecule has 220 valence electrons. The third-order valence-electron chi connectivity index (χ3n) is 6.28. The molecule has 0 fully saturated rings. The monoisotopic (exact) mass is 645 g/mol. The fourth-order valence-electron chi connectivity index (χ4n) is 4.45. The van der Waals surface area contributed by atoms with E-state index in [1.54, 1.807) is 4.90 Å². The summed E-state index contributed by atoms with van der Waals surface area (Å²) in [5, 5.41) is 3.03. The van der Waals surface area contributed by atoms with Crippen LogP contribution in [-0.2, 0) is 32.6 Å². The van der Waals surface area contributed by atoms with Crippen molar-refractivity contribution in [3.8, 4) is 0 Å². The number of anilines is 1. The van der Waals surface area contributed by atoms with Gasteiger partial charge in [-0.1, -0.05) is 58.4 Å². The second-order valence-corrected chi connectivity index (χ2v) is 13.8. The number of hydrogen-bond acceptors (Lipinski definition) is 4. The number of halogens is 2. The highest BCUT2D eigenvalue weighted by atomic mass is 79.9. The Morgan fingerprint density at radius 1 is 0.951 bits per heavy atom. The molecule has 0 aliphatic heterocycles. The summed E-state index contributed by atoms with van der Waals surface area (Å²) in [6.07, 6.45) is 1.60. The maximum absolute atomic E-state index is 13.9. The lowest BCUT2D eigenvalue weighted by Crippen LogP contribution is -2.54. The van der Waals surface area contributed by atoms with Crippen molar-refractivity contribution in [1.29, 1.82) is 0 Å². The number of nitrogens with zero attached hydrogens (tertiary/aromatic N) is 2. The molecule has 3 aromatic carbocycles. The number of carbonyl (C=O) groups excluding carboxylic acids is 2. The van der Waals surface area contributed by atoms with Crippen LogP contribution in [0.2, 0.25) is 0 Å². The van der Waals surface area contributed by atoms with Crippen LogP contribution < -0.4 is 9.62 Å².